The number of nitrogens with zero attached hydrogens (tertiary/aromatic N) is 1. The molecular formula is C13H11F3N2. The van der Waals surface area contributed by atoms with Crippen LogP contribution in [-0.2, 0) is 12.6 Å². The second kappa shape index (κ2) is 4.68. The highest BCUT2D eigenvalue weighted by atomic mass is 19.4. The molecule has 0 fully saturated rings. The molecule has 1 heterocycles. The van der Waals surface area contributed by atoms with Gasteiger partial charge in [-0.3, -0.25) is 4.98 Å². The van der Waals surface area contributed by atoms with Crippen molar-refractivity contribution >= 4 is 5.69 Å². The average Bonchev–Trinajstić information content (AvgIpc) is 2.31. The Kier molecular flexibility index (Phi) is 3.23. The largest absolute Gasteiger partial charge is 0.433 e. The summed E-state index contributed by atoms with van der Waals surface area (Å²) in [5, 5.41) is 0. The van der Waals surface area contributed by atoms with Gasteiger partial charge in [-0.2, -0.15) is 13.2 Å². The molecule has 1 aromatic carbocycles. The zero-order valence-corrected chi connectivity index (χ0v) is 9.41. The van der Waals surface area contributed by atoms with Crippen LogP contribution in [0.1, 0.15) is 16.8 Å². The van der Waals surface area contributed by atoms with Crippen LogP contribution >= 0.6 is 0 Å². The number of alkyl halides is 3. The summed E-state index contributed by atoms with van der Waals surface area (Å²) in [6.45, 7) is 0. The standard InChI is InChI=1S/C13H11F3N2/c14-13(15,16)12-10(5-3-7-18-12)8-9-4-1-2-6-11(9)17/h1-7H,8,17H2. The smallest absolute Gasteiger partial charge is 0.398 e. The van der Waals surface area contributed by atoms with Crippen LogP contribution < -0.4 is 5.73 Å². The van der Waals surface area contributed by atoms with Gasteiger partial charge in [0.15, 0.2) is 0 Å². The van der Waals surface area contributed by atoms with E-state index in [1.807, 2.05) is 0 Å². The summed E-state index contributed by atoms with van der Waals surface area (Å²) in [6.07, 6.45) is -3.18. The molecule has 2 nitrogen and oxygen atoms in total. The van der Waals surface area contributed by atoms with Gasteiger partial charge in [-0.15, -0.1) is 0 Å². The number of para-hydroxylation sites is 1. The van der Waals surface area contributed by atoms with E-state index in [4.69, 9.17) is 5.73 Å². The van der Waals surface area contributed by atoms with E-state index < -0.39 is 11.9 Å². The molecule has 0 unspecified atom stereocenters. The van der Waals surface area contributed by atoms with Crippen LogP contribution in [0.25, 0.3) is 0 Å². The molecule has 18 heavy (non-hydrogen) atoms. The van der Waals surface area contributed by atoms with Gasteiger partial charge in [-0.1, -0.05) is 24.3 Å². The highest BCUT2D eigenvalue weighted by Gasteiger charge is 2.34. The molecule has 0 aliphatic rings. The van der Waals surface area contributed by atoms with E-state index in [9.17, 15) is 13.2 Å². The molecule has 0 saturated heterocycles. The van der Waals surface area contributed by atoms with Crippen molar-refractivity contribution in [1.29, 1.82) is 0 Å². The first-order valence-corrected chi connectivity index (χ1v) is 5.33. The highest BCUT2D eigenvalue weighted by Crippen LogP contribution is 2.31. The van der Waals surface area contributed by atoms with Gasteiger partial charge < -0.3 is 5.73 Å². The molecule has 1 aromatic heterocycles. The topological polar surface area (TPSA) is 38.9 Å². The molecule has 2 aromatic rings. The van der Waals surface area contributed by atoms with Gasteiger partial charge in [0.1, 0.15) is 5.69 Å². The van der Waals surface area contributed by atoms with Gasteiger partial charge in [0.25, 0.3) is 0 Å². The number of hydrogen-bond acceptors (Lipinski definition) is 2. The van der Waals surface area contributed by atoms with Crippen molar-refractivity contribution in [3.63, 3.8) is 0 Å². The third-order valence-electron chi connectivity index (χ3n) is 2.60. The minimum atomic E-state index is -4.44. The molecule has 0 aliphatic heterocycles. The Hall–Kier alpha value is -2.04. The lowest BCUT2D eigenvalue weighted by molar-refractivity contribution is -0.141. The molecule has 0 radical (unpaired) electrons. The predicted octanol–water partition coefficient (Wildman–Crippen LogP) is 3.27. The zero-order valence-electron chi connectivity index (χ0n) is 9.41. The maximum atomic E-state index is 12.8. The SMILES string of the molecule is Nc1ccccc1Cc1cccnc1C(F)(F)F. The van der Waals surface area contributed by atoms with Crippen LogP contribution in [-0.4, -0.2) is 4.98 Å². The average molecular weight is 252 g/mol. The van der Waals surface area contributed by atoms with Gasteiger partial charge >= 0.3 is 6.18 Å². The molecule has 0 saturated carbocycles. The molecule has 5 heteroatoms. The molecule has 0 atom stereocenters. The Balaban J connectivity index is 2.39. The van der Waals surface area contributed by atoms with Crippen LogP contribution in [0.2, 0.25) is 0 Å². The van der Waals surface area contributed by atoms with Gasteiger partial charge in [-0.05, 0) is 23.3 Å². The normalized spacial score (nSPS) is 11.5. The first-order valence-electron chi connectivity index (χ1n) is 5.33. The van der Waals surface area contributed by atoms with E-state index in [1.165, 1.54) is 12.1 Å². The Morgan fingerprint density at radius 2 is 1.67 bits per heavy atom. The predicted molar refractivity (Wildman–Crippen MR) is 62.9 cm³/mol. The monoisotopic (exact) mass is 252 g/mol. The number of pyridine rings is 1. The minimum absolute atomic E-state index is 0.120. The molecule has 2 N–H and O–H groups in total. The molecule has 0 aliphatic carbocycles. The summed E-state index contributed by atoms with van der Waals surface area (Å²) in [7, 11) is 0. The van der Waals surface area contributed by atoms with Crippen LogP contribution in [0, 0.1) is 0 Å². The Morgan fingerprint density at radius 1 is 1.00 bits per heavy atom. The maximum Gasteiger partial charge on any atom is 0.433 e. The summed E-state index contributed by atoms with van der Waals surface area (Å²) >= 11 is 0. The van der Waals surface area contributed by atoms with Crippen LogP contribution in [0.15, 0.2) is 42.6 Å². The van der Waals surface area contributed by atoms with E-state index >= 15 is 0 Å². The van der Waals surface area contributed by atoms with Gasteiger partial charge in [0, 0.05) is 18.3 Å². The second-order valence-electron chi connectivity index (χ2n) is 3.88. The Bertz CT molecular complexity index is 550. The van der Waals surface area contributed by atoms with Crippen LogP contribution in [0.4, 0.5) is 18.9 Å². The van der Waals surface area contributed by atoms with E-state index in [0.29, 0.717) is 11.3 Å². The van der Waals surface area contributed by atoms with Crippen molar-refractivity contribution in [2.24, 2.45) is 0 Å². The first kappa shape index (κ1) is 12.4. The lowest BCUT2D eigenvalue weighted by Crippen LogP contribution is -2.12. The molecule has 0 spiro atoms. The number of rotatable bonds is 2. The van der Waals surface area contributed by atoms with Crippen molar-refractivity contribution in [3.05, 3.63) is 59.4 Å². The number of nitrogen functional groups attached to an aromatic ring is 1. The molecule has 2 rings (SSSR count). The lowest BCUT2D eigenvalue weighted by Gasteiger charge is -2.12. The van der Waals surface area contributed by atoms with Gasteiger partial charge in [-0.25, -0.2) is 0 Å². The molecule has 0 amide bonds. The maximum absolute atomic E-state index is 12.8. The van der Waals surface area contributed by atoms with Crippen molar-refractivity contribution in [2.45, 2.75) is 12.6 Å². The van der Waals surface area contributed by atoms with E-state index in [-0.39, 0.29) is 12.0 Å². The number of nitrogens with two attached hydrogens (primary N) is 1. The number of anilines is 1. The second-order valence-corrected chi connectivity index (χ2v) is 3.88. The number of halogens is 3. The van der Waals surface area contributed by atoms with E-state index in [1.54, 1.807) is 24.3 Å². The Labute approximate surface area is 102 Å². The van der Waals surface area contributed by atoms with Crippen LogP contribution in [0.5, 0.6) is 0 Å². The third-order valence-corrected chi connectivity index (χ3v) is 2.60. The van der Waals surface area contributed by atoms with Crippen molar-refractivity contribution < 1.29 is 13.2 Å². The summed E-state index contributed by atoms with van der Waals surface area (Å²) in [5.41, 5.74) is 6.14. The zero-order chi connectivity index (χ0) is 13.2. The molecule has 94 valence electrons. The van der Waals surface area contributed by atoms with E-state index in [0.717, 1.165) is 6.20 Å². The fraction of sp³-hybridized carbons (Fsp3) is 0.154. The van der Waals surface area contributed by atoms with Crippen LogP contribution in [0.3, 0.4) is 0 Å². The quantitative estimate of drug-likeness (QED) is 0.833. The summed E-state index contributed by atoms with van der Waals surface area (Å²) in [4.78, 5) is 3.41. The number of aromatic nitrogens is 1. The summed E-state index contributed by atoms with van der Waals surface area (Å²) < 4.78 is 38.3. The fourth-order valence-corrected chi connectivity index (χ4v) is 1.74. The van der Waals surface area contributed by atoms with Crippen molar-refractivity contribution in [2.75, 3.05) is 5.73 Å². The van der Waals surface area contributed by atoms with Crippen molar-refractivity contribution in [1.82, 2.24) is 4.98 Å². The van der Waals surface area contributed by atoms with E-state index in [2.05, 4.69) is 4.98 Å². The minimum Gasteiger partial charge on any atom is -0.398 e. The first-order chi connectivity index (χ1) is 8.48. The summed E-state index contributed by atoms with van der Waals surface area (Å²) in [5.74, 6) is 0. The molecular weight excluding hydrogens is 241 g/mol. The third kappa shape index (κ3) is 2.61. The van der Waals surface area contributed by atoms with Gasteiger partial charge in [0.05, 0.1) is 0 Å². The Morgan fingerprint density at radius 3 is 2.33 bits per heavy atom. The van der Waals surface area contributed by atoms with Gasteiger partial charge in [0.2, 0.25) is 0 Å². The highest BCUT2D eigenvalue weighted by molar-refractivity contribution is 5.49. The lowest BCUT2D eigenvalue weighted by atomic mass is 10.0. The number of hydrogen-bond donors (Lipinski definition) is 1. The summed E-state index contributed by atoms with van der Waals surface area (Å²) in [6, 6.07) is 9.77. The fourth-order valence-electron chi connectivity index (χ4n) is 1.74. The number of benzene rings is 1. The van der Waals surface area contributed by atoms with Crippen molar-refractivity contribution in [3.8, 4) is 0 Å². The molecule has 0 bridgehead atoms.